The molecule has 6 nitrogen and oxygen atoms in total. The summed E-state index contributed by atoms with van der Waals surface area (Å²) in [5.74, 6) is 2.66. The van der Waals surface area contributed by atoms with E-state index in [1.807, 2.05) is 24.1 Å². The molecule has 1 unspecified atom stereocenters. The summed E-state index contributed by atoms with van der Waals surface area (Å²) in [5.41, 5.74) is 0.554. The third-order valence-electron chi connectivity index (χ3n) is 5.78. The second kappa shape index (κ2) is 8.11. The summed E-state index contributed by atoms with van der Waals surface area (Å²) in [6.45, 7) is 4.96. The molecule has 27 heavy (non-hydrogen) atoms. The highest BCUT2D eigenvalue weighted by Crippen LogP contribution is 2.31. The van der Waals surface area contributed by atoms with Crippen LogP contribution < -0.4 is 4.74 Å². The van der Waals surface area contributed by atoms with E-state index in [0.29, 0.717) is 30.5 Å². The number of pyridine rings is 1. The number of carbonyl (C=O) groups is 1. The van der Waals surface area contributed by atoms with E-state index in [-0.39, 0.29) is 5.91 Å². The van der Waals surface area contributed by atoms with Crippen molar-refractivity contribution in [1.29, 1.82) is 0 Å². The number of amides is 1. The zero-order valence-electron chi connectivity index (χ0n) is 16.0. The number of imidazole rings is 1. The number of ether oxygens (including phenoxy) is 1. The highest BCUT2D eigenvalue weighted by Gasteiger charge is 2.30. The molecular weight excluding hydrogens is 340 g/mol. The van der Waals surface area contributed by atoms with Gasteiger partial charge in [0.2, 0.25) is 5.88 Å². The molecule has 2 fully saturated rings. The SMILES string of the molecule is CCOc1ncccc1C(=O)N1CCCC(c2nccn2CC2CCC2)C1. The average Bonchev–Trinajstić information content (AvgIpc) is 3.13. The van der Waals surface area contributed by atoms with Crippen LogP contribution in [0.4, 0.5) is 0 Å². The van der Waals surface area contributed by atoms with Gasteiger partial charge in [-0.15, -0.1) is 0 Å². The topological polar surface area (TPSA) is 60.2 Å². The van der Waals surface area contributed by atoms with Crippen molar-refractivity contribution in [3.8, 4) is 5.88 Å². The van der Waals surface area contributed by atoms with Crippen molar-refractivity contribution in [1.82, 2.24) is 19.4 Å². The summed E-state index contributed by atoms with van der Waals surface area (Å²) in [6.07, 6.45) is 11.8. The minimum Gasteiger partial charge on any atom is -0.477 e. The van der Waals surface area contributed by atoms with Crippen molar-refractivity contribution in [3.63, 3.8) is 0 Å². The highest BCUT2D eigenvalue weighted by atomic mass is 16.5. The van der Waals surface area contributed by atoms with E-state index in [0.717, 1.165) is 37.7 Å². The third-order valence-corrected chi connectivity index (χ3v) is 5.78. The lowest BCUT2D eigenvalue weighted by molar-refractivity contribution is 0.0697. The van der Waals surface area contributed by atoms with Gasteiger partial charge in [0.25, 0.3) is 5.91 Å². The van der Waals surface area contributed by atoms with Crippen molar-refractivity contribution < 1.29 is 9.53 Å². The lowest BCUT2D eigenvalue weighted by Crippen LogP contribution is -2.40. The first-order valence-electron chi connectivity index (χ1n) is 10.1. The Balaban J connectivity index is 1.48. The van der Waals surface area contributed by atoms with Crippen LogP contribution >= 0.6 is 0 Å². The van der Waals surface area contributed by atoms with Crippen LogP contribution in [0.2, 0.25) is 0 Å². The summed E-state index contributed by atoms with van der Waals surface area (Å²) in [6, 6.07) is 3.60. The van der Waals surface area contributed by atoms with E-state index in [1.165, 1.54) is 19.3 Å². The van der Waals surface area contributed by atoms with Gasteiger partial charge < -0.3 is 14.2 Å². The Bertz CT molecular complexity index is 784. The molecule has 1 amide bonds. The number of aromatic nitrogens is 3. The van der Waals surface area contributed by atoms with Gasteiger partial charge in [-0.1, -0.05) is 6.42 Å². The fourth-order valence-electron chi connectivity index (χ4n) is 4.14. The Kier molecular flexibility index (Phi) is 5.41. The quantitative estimate of drug-likeness (QED) is 0.783. The van der Waals surface area contributed by atoms with Gasteiger partial charge >= 0.3 is 0 Å². The number of likely N-dealkylation sites (tertiary alicyclic amines) is 1. The maximum absolute atomic E-state index is 13.1. The standard InChI is InChI=1S/C21H28N4O2/c1-2-27-20-18(9-4-10-23-20)21(26)25-12-5-8-17(15-25)19-22-11-13-24(19)14-16-6-3-7-16/h4,9-11,13,16-17H,2-3,5-8,12,14-15H2,1H3. The van der Waals surface area contributed by atoms with Gasteiger partial charge in [-0.3, -0.25) is 4.79 Å². The molecule has 1 saturated carbocycles. The van der Waals surface area contributed by atoms with Gasteiger partial charge in [-0.2, -0.15) is 0 Å². The van der Waals surface area contributed by atoms with Crippen LogP contribution in [-0.4, -0.2) is 45.0 Å². The summed E-state index contributed by atoms with van der Waals surface area (Å²) >= 11 is 0. The first-order chi connectivity index (χ1) is 13.3. The molecule has 0 bridgehead atoms. The number of rotatable bonds is 6. The zero-order valence-corrected chi connectivity index (χ0v) is 16.0. The van der Waals surface area contributed by atoms with Gasteiger partial charge in [0.05, 0.1) is 6.61 Å². The molecule has 2 aromatic rings. The largest absolute Gasteiger partial charge is 0.477 e. The van der Waals surface area contributed by atoms with Crippen molar-refractivity contribution in [2.75, 3.05) is 19.7 Å². The molecule has 0 radical (unpaired) electrons. The Labute approximate surface area is 160 Å². The third kappa shape index (κ3) is 3.84. The predicted octanol–water partition coefficient (Wildman–Crippen LogP) is 3.50. The van der Waals surface area contributed by atoms with Gasteiger partial charge in [0.1, 0.15) is 11.4 Å². The smallest absolute Gasteiger partial charge is 0.259 e. The van der Waals surface area contributed by atoms with Crippen LogP contribution in [0.3, 0.4) is 0 Å². The van der Waals surface area contributed by atoms with Crippen molar-refractivity contribution >= 4 is 5.91 Å². The van der Waals surface area contributed by atoms with Crippen LogP contribution in [0.25, 0.3) is 0 Å². The molecule has 144 valence electrons. The Morgan fingerprint density at radius 2 is 2.11 bits per heavy atom. The molecular formula is C21H28N4O2. The molecule has 1 aliphatic heterocycles. The van der Waals surface area contributed by atoms with Crippen LogP contribution in [0.1, 0.15) is 61.1 Å². The van der Waals surface area contributed by atoms with Crippen LogP contribution in [-0.2, 0) is 6.54 Å². The number of hydrogen-bond acceptors (Lipinski definition) is 4. The normalized spacial score (nSPS) is 20.3. The van der Waals surface area contributed by atoms with Crippen molar-refractivity contribution in [3.05, 3.63) is 42.1 Å². The first-order valence-corrected chi connectivity index (χ1v) is 10.1. The monoisotopic (exact) mass is 368 g/mol. The zero-order chi connectivity index (χ0) is 18.6. The molecule has 6 heteroatoms. The molecule has 1 aliphatic carbocycles. The minimum atomic E-state index is 0.00773. The lowest BCUT2D eigenvalue weighted by atomic mass is 9.85. The molecule has 0 spiro atoms. The summed E-state index contributed by atoms with van der Waals surface area (Å²) in [5, 5.41) is 0. The average molecular weight is 368 g/mol. The second-order valence-electron chi connectivity index (χ2n) is 7.61. The molecule has 2 aromatic heterocycles. The van der Waals surface area contributed by atoms with Gasteiger partial charge in [-0.25, -0.2) is 9.97 Å². The van der Waals surface area contributed by atoms with E-state index in [1.54, 1.807) is 12.3 Å². The highest BCUT2D eigenvalue weighted by molar-refractivity contribution is 5.96. The molecule has 0 N–H and O–H groups in total. The van der Waals surface area contributed by atoms with Crippen LogP contribution in [0, 0.1) is 5.92 Å². The van der Waals surface area contributed by atoms with E-state index in [4.69, 9.17) is 4.74 Å². The molecule has 4 rings (SSSR count). The number of nitrogens with zero attached hydrogens (tertiary/aromatic N) is 4. The second-order valence-corrected chi connectivity index (χ2v) is 7.61. The number of carbonyl (C=O) groups excluding carboxylic acids is 1. The fraction of sp³-hybridized carbons (Fsp3) is 0.571. The van der Waals surface area contributed by atoms with E-state index in [2.05, 4.69) is 20.7 Å². The van der Waals surface area contributed by atoms with Crippen molar-refractivity contribution in [2.24, 2.45) is 5.92 Å². The van der Waals surface area contributed by atoms with Gasteiger partial charge in [0, 0.05) is 44.1 Å². The molecule has 1 saturated heterocycles. The lowest BCUT2D eigenvalue weighted by Gasteiger charge is -2.34. The van der Waals surface area contributed by atoms with Gasteiger partial charge in [0.15, 0.2) is 0 Å². The number of hydrogen-bond donors (Lipinski definition) is 0. The first kappa shape index (κ1) is 18.0. The molecule has 0 aromatic carbocycles. The van der Waals surface area contributed by atoms with Crippen molar-refractivity contribution in [2.45, 2.75) is 51.5 Å². The molecule has 1 atom stereocenters. The summed E-state index contributed by atoms with van der Waals surface area (Å²) in [7, 11) is 0. The Hall–Kier alpha value is -2.37. The summed E-state index contributed by atoms with van der Waals surface area (Å²) < 4.78 is 7.87. The fourth-order valence-corrected chi connectivity index (χ4v) is 4.14. The Morgan fingerprint density at radius 3 is 2.89 bits per heavy atom. The van der Waals surface area contributed by atoms with E-state index >= 15 is 0 Å². The van der Waals surface area contributed by atoms with Crippen LogP contribution in [0.15, 0.2) is 30.7 Å². The summed E-state index contributed by atoms with van der Waals surface area (Å²) in [4.78, 5) is 23.9. The Morgan fingerprint density at radius 1 is 1.22 bits per heavy atom. The van der Waals surface area contributed by atoms with E-state index in [9.17, 15) is 4.79 Å². The van der Waals surface area contributed by atoms with Crippen LogP contribution in [0.5, 0.6) is 5.88 Å². The maximum Gasteiger partial charge on any atom is 0.259 e. The molecule has 3 heterocycles. The molecule has 2 aliphatic rings. The maximum atomic E-state index is 13.1. The van der Waals surface area contributed by atoms with Gasteiger partial charge in [-0.05, 0) is 50.7 Å². The number of piperidine rings is 1. The minimum absolute atomic E-state index is 0.00773. The predicted molar refractivity (Wildman–Crippen MR) is 103 cm³/mol. The van der Waals surface area contributed by atoms with E-state index < -0.39 is 0 Å².